The van der Waals surface area contributed by atoms with Gasteiger partial charge in [0.25, 0.3) is 0 Å². The molecule has 0 radical (unpaired) electrons. The quantitative estimate of drug-likeness (QED) is 0.841. The topological polar surface area (TPSA) is 23.5 Å². The number of rotatable bonds is 2. The third-order valence-corrected chi connectivity index (χ3v) is 2.75. The van der Waals surface area contributed by atoms with Crippen molar-refractivity contribution < 1.29 is 18.3 Å². The number of aliphatic hydroxyl groups is 1. The summed E-state index contributed by atoms with van der Waals surface area (Å²) in [5, 5.41) is 9.01. The number of para-hydroxylation sites is 1. The van der Waals surface area contributed by atoms with E-state index in [0.717, 1.165) is 17.7 Å². The maximum absolute atomic E-state index is 12.2. The molecular weight excluding hydrogens is 219 g/mol. The molecule has 0 saturated carbocycles. The van der Waals surface area contributed by atoms with Crippen LogP contribution >= 0.6 is 0 Å². The molecule has 0 aromatic heterocycles. The van der Waals surface area contributed by atoms with Gasteiger partial charge in [0.15, 0.2) is 6.10 Å². The fourth-order valence-corrected chi connectivity index (χ4v) is 1.91. The predicted molar refractivity (Wildman–Crippen MR) is 54.4 cm³/mol. The van der Waals surface area contributed by atoms with E-state index in [1.54, 1.807) is 17.0 Å². The lowest BCUT2D eigenvalue weighted by molar-refractivity contribution is -0.200. The van der Waals surface area contributed by atoms with Crippen molar-refractivity contribution in [1.82, 2.24) is 0 Å². The van der Waals surface area contributed by atoms with E-state index >= 15 is 0 Å². The minimum absolute atomic E-state index is 0.388. The van der Waals surface area contributed by atoms with Gasteiger partial charge >= 0.3 is 6.18 Å². The number of aliphatic hydroxyl groups excluding tert-OH is 1. The smallest absolute Gasteiger partial charge is 0.382 e. The largest absolute Gasteiger partial charge is 0.416 e. The number of hydrogen-bond donors (Lipinski definition) is 1. The molecule has 88 valence electrons. The summed E-state index contributed by atoms with van der Waals surface area (Å²) in [5.41, 5.74) is 1.84. The van der Waals surface area contributed by atoms with Crippen LogP contribution in [0, 0.1) is 0 Å². The van der Waals surface area contributed by atoms with Crippen molar-refractivity contribution in [3.05, 3.63) is 29.8 Å². The fraction of sp³-hybridized carbons (Fsp3) is 0.455. The molecule has 0 unspecified atom stereocenters. The number of halogens is 3. The number of fused-ring (bicyclic) bond motifs is 1. The maximum Gasteiger partial charge on any atom is 0.416 e. The Morgan fingerprint density at radius 3 is 2.69 bits per heavy atom. The van der Waals surface area contributed by atoms with Crippen LogP contribution in [0.15, 0.2) is 24.3 Å². The Balaban J connectivity index is 2.09. The van der Waals surface area contributed by atoms with E-state index in [1.165, 1.54) is 0 Å². The second-order valence-electron chi connectivity index (χ2n) is 3.88. The molecule has 1 aliphatic rings. The van der Waals surface area contributed by atoms with Crippen molar-refractivity contribution in [1.29, 1.82) is 0 Å². The minimum Gasteiger partial charge on any atom is -0.382 e. The summed E-state index contributed by atoms with van der Waals surface area (Å²) in [6, 6.07) is 7.33. The number of β-amino-alcohol motifs (C(OH)–C–C–N with tert-alkyl or cyclic N) is 1. The summed E-state index contributed by atoms with van der Waals surface area (Å²) < 4.78 is 36.6. The Bertz CT molecular complexity index is 378. The number of hydrogen-bond acceptors (Lipinski definition) is 2. The molecule has 5 heteroatoms. The average molecular weight is 231 g/mol. The Morgan fingerprint density at radius 1 is 1.31 bits per heavy atom. The molecule has 2 nitrogen and oxygen atoms in total. The van der Waals surface area contributed by atoms with Crippen LogP contribution < -0.4 is 4.90 Å². The first-order chi connectivity index (χ1) is 7.48. The first kappa shape index (κ1) is 11.3. The zero-order valence-electron chi connectivity index (χ0n) is 8.54. The number of alkyl halides is 3. The molecule has 0 bridgehead atoms. The molecule has 0 fully saturated rings. The van der Waals surface area contributed by atoms with Crippen LogP contribution in [0.5, 0.6) is 0 Å². The van der Waals surface area contributed by atoms with Crippen molar-refractivity contribution in [2.24, 2.45) is 0 Å². The normalized spacial score (nSPS) is 17.4. The molecule has 16 heavy (non-hydrogen) atoms. The van der Waals surface area contributed by atoms with Gasteiger partial charge in [-0.1, -0.05) is 18.2 Å². The summed E-state index contributed by atoms with van der Waals surface area (Å²) >= 11 is 0. The molecule has 1 heterocycles. The highest BCUT2D eigenvalue weighted by atomic mass is 19.4. The molecule has 1 N–H and O–H groups in total. The average Bonchev–Trinajstić information content (AvgIpc) is 2.61. The molecule has 1 atom stereocenters. The molecule has 0 spiro atoms. The van der Waals surface area contributed by atoms with Gasteiger partial charge in [-0.3, -0.25) is 0 Å². The van der Waals surface area contributed by atoms with Crippen molar-refractivity contribution in [2.75, 3.05) is 18.0 Å². The van der Waals surface area contributed by atoms with Crippen LogP contribution in [-0.4, -0.2) is 30.5 Å². The van der Waals surface area contributed by atoms with E-state index in [0.29, 0.717) is 6.54 Å². The monoisotopic (exact) mass is 231 g/mol. The third kappa shape index (κ3) is 2.14. The van der Waals surface area contributed by atoms with E-state index in [1.807, 2.05) is 12.1 Å². The van der Waals surface area contributed by atoms with Crippen molar-refractivity contribution in [3.8, 4) is 0 Å². The van der Waals surface area contributed by atoms with Gasteiger partial charge < -0.3 is 10.0 Å². The lowest BCUT2D eigenvalue weighted by Crippen LogP contribution is -2.40. The summed E-state index contributed by atoms with van der Waals surface area (Å²) in [6.07, 6.45) is -6.09. The van der Waals surface area contributed by atoms with E-state index in [-0.39, 0.29) is 6.54 Å². The number of benzene rings is 1. The highest BCUT2D eigenvalue weighted by Crippen LogP contribution is 2.29. The molecule has 2 rings (SSSR count). The molecule has 0 amide bonds. The zero-order valence-corrected chi connectivity index (χ0v) is 8.54. The summed E-state index contributed by atoms with van der Waals surface area (Å²) in [5.74, 6) is 0. The van der Waals surface area contributed by atoms with E-state index in [4.69, 9.17) is 5.11 Å². The van der Waals surface area contributed by atoms with Gasteiger partial charge in [-0.05, 0) is 18.1 Å². The Labute approximate surface area is 91.3 Å². The van der Waals surface area contributed by atoms with Crippen molar-refractivity contribution >= 4 is 5.69 Å². The van der Waals surface area contributed by atoms with Gasteiger partial charge in [0.2, 0.25) is 0 Å². The second-order valence-corrected chi connectivity index (χ2v) is 3.88. The third-order valence-electron chi connectivity index (χ3n) is 2.75. The minimum atomic E-state index is -4.54. The maximum atomic E-state index is 12.2. The molecular formula is C11H12F3NO. The first-order valence-electron chi connectivity index (χ1n) is 5.06. The van der Waals surface area contributed by atoms with Gasteiger partial charge in [0.05, 0.1) is 6.54 Å². The Kier molecular flexibility index (Phi) is 2.80. The molecule has 0 saturated heterocycles. The van der Waals surface area contributed by atoms with Crippen LogP contribution in [0.4, 0.5) is 18.9 Å². The van der Waals surface area contributed by atoms with Crippen molar-refractivity contribution in [3.63, 3.8) is 0 Å². The summed E-state index contributed by atoms with van der Waals surface area (Å²) in [4.78, 5) is 1.58. The van der Waals surface area contributed by atoms with Gasteiger partial charge in [-0.2, -0.15) is 13.2 Å². The first-order valence-corrected chi connectivity index (χ1v) is 5.06. The van der Waals surface area contributed by atoms with E-state index in [2.05, 4.69) is 0 Å². The molecule has 1 aliphatic heterocycles. The van der Waals surface area contributed by atoms with Crippen LogP contribution in [0.3, 0.4) is 0 Å². The standard InChI is InChI=1S/C11H12F3NO/c12-11(13,14)10(16)7-15-6-5-8-3-1-2-4-9(8)15/h1-4,10,16H,5-7H2/t10-/m0/s1. The summed E-state index contributed by atoms with van der Waals surface area (Å²) in [6.45, 7) is 0.146. The van der Waals surface area contributed by atoms with Gasteiger partial charge in [-0.15, -0.1) is 0 Å². The number of nitrogens with zero attached hydrogens (tertiary/aromatic N) is 1. The Morgan fingerprint density at radius 2 is 2.00 bits per heavy atom. The molecule has 1 aromatic rings. The van der Waals surface area contributed by atoms with Gasteiger partial charge in [0, 0.05) is 12.2 Å². The Hall–Kier alpha value is -1.23. The van der Waals surface area contributed by atoms with Gasteiger partial charge in [0.1, 0.15) is 0 Å². The second kappa shape index (κ2) is 3.97. The zero-order chi connectivity index (χ0) is 11.8. The van der Waals surface area contributed by atoms with Gasteiger partial charge in [-0.25, -0.2) is 0 Å². The highest BCUT2D eigenvalue weighted by molar-refractivity contribution is 5.57. The summed E-state index contributed by atoms with van der Waals surface area (Å²) in [7, 11) is 0. The molecule has 0 aliphatic carbocycles. The van der Waals surface area contributed by atoms with Crippen molar-refractivity contribution in [2.45, 2.75) is 18.7 Å². The number of anilines is 1. The van der Waals surface area contributed by atoms with E-state index < -0.39 is 12.3 Å². The molecule has 1 aromatic carbocycles. The van der Waals surface area contributed by atoms with Crippen LogP contribution in [-0.2, 0) is 6.42 Å². The highest BCUT2D eigenvalue weighted by Gasteiger charge is 2.39. The van der Waals surface area contributed by atoms with Crippen LogP contribution in [0.1, 0.15) is 5.56 Å². The lowest BCUT2D eigenvalue weighted by atomic mass is 10.2. The van der Waals surface area contributed by atoms with E-state index in [9.17, 15) is 13.2 Å². The lowest BCUT2D eigenvalue weighted by Gasteiger charge is -2.24. The fourth-order valence-electron chi connectivity index (χ4n) is 1.91. The van der Waals surface area contributed by atoms with Crippen LogP contribution in [0.2, 0.25) is 0 Å². The van der Waals surface area contributed by atoms with Crippen LogP contribution in [0.25, 0.3) is 0 Å². The predicted octanol–water partition coefficient (Wildman–Crippen LogP) is 1.97. The SMILES string of the molecule is O[C@@H](CN1CCc2ccccc21)C(F)(F)F.